The summed E-state index contributed by atoms with van der Waals surface area (Å²) in [5.74, 6) is 0.943. The molecule has 1 aliphatic carbocycles. The van der Waals surface area contributed by atoms with E-state index in [4.69, 9.17) is 0 Å². The molecule has 11 heavy (non-hydrogen) atoms. The van der Waals surface area contributed by atoms with Crippen molar-refractivity contribution in [3.63, 3.8) is 0 Å². The Morgan fingerprint density at radius 2 is 1.91 bits per heavy atom. The van der Waals surface area contributed by atoms with Gasteiger partial charge in [-0.05, 0) is 32.1 Å². The van der Waals surface area contributed by atoms with Gasteiger partial charge in [-0.1, -0.05) is 37.8 Å². The predicted molar refractivity (Wildman–Crippen MR) is 50.6 cm³/mol. The molecule has 0 aliphatic heterocycles. The van der Waals surface area contributed by atoms with Crippen LogP contribution < -0.4 is 0 Å². The van der Waals surface area contributed by atoms with E-state index >= 15 is 0 Å². The zero-order valence-electron chi connectivity index (χ0n) is 7.90. The van der Waals surface area contributed by atoms with Gasteiger partial charge in [-0.25, -0.2) is 0 Å². The fourth-order valence-corrected chi connectivity index (χ4v) is 2.20. The Balaban J connectivity index is 2.43. The molecule has 0 heteroatoms. The summed E-state index contributed by atoms with van der Waals surface area (Å²) in [7, 11) is 0. The van der Waals surface area contributed by atoms with E-state index in [9.17, 15) is 0 Å². The van der Waals surface area contributed by atoms with Gasteiger partial charge in [-0.2, -0.15) is 0 Å². The van der Waals surface area contributed by atoms with Crippen LogP contribution >= 0.6 is 0 Å². The van der Waals surface area contributed by atoms with E-state index in [1.165, 1.54) is 38.5 Å². The summed E-state index contributed by atoms with van der Waals surface area (Å²) in [6, 6.07) is 0. The van der Waals surface area contributed by atoms with Gasteiger partial charge >= 0.3 is 0 Å². The lowest BCUT2D eigenvalue weighted by Gasteiger charge is -2.23. The molecule has 0 nitrogen and oxygen atoms in total. The van der Waals surface area contributed by atoms with E-state index in [1.807, 2.05) is 0 Å². The molecule has 0 heterocycles. The highest BCUT2D eigenvalue weighted by atomic mass is 14.2. The molecule has 0 aromatic carbocycles. The third kappa shape index (κ3) is 2.36. The van der Waals surface area contributed by atoms with Gasteiger partial charge in [0.15, 0.2) is 0 Å². The maximum atomic E-state index is 2.33. The monoisotopic (exact) mass is 152 g/mol. The van der Waals surface area contributed by atoms with Crippen LogP contribution in [-0.2, 0) is 0 Å². The summed E-state index contributed by atoms with van der Waals surface area (Å²) in [5, 5.41) is 0. The van der Waals surface area contributed by atoms with Gasteiger partial charge in [0, 0.05) is 0 Å². The minimum atomic E-state index is 0.943. The van der Waals surface area contributed by atoms with Crippen molar-refractivity contribution in [3.8, 4) is 0 Å². The van der Waals surface area contributed by atoms with Gasteiger partial charge in [-0.3, -0.25) is 0 Å². The molecular weight excluding hydrogens is 132 g/mol. The Morgan fingerprint density at radius 3 is 2.36 bits per heavy atom. The van der Waals surface area contributed by atoms with Crippen LogP contribution in [0.25, 0.3) is 0 Å². The first-order chi connectivity index (χ1) is 5.38. The van der Waals surface area contributed by atoms with Crippen molar-refractivity contribution in [1.82, 2.24) is 0 Å². The van der Waals surface area contributed by atoms with Gasteiger partial charge in [0.25, 0.3) is 0 Å². The third-order valence-corrected chi connectivity index (χ3v) is 2.91. The highest BCUT2D eigenvalue weighted by Gasteiger charge is 2.15. The van der Waals surface area contributed by atoms with E-state index in [0.29, 0.717) is 0 Å². The quantitative estimate of drug-likeness (QED) is 0.526. The van der Waals surface area contributed by atoms with E-state index in [0.717, 1.165) is 5.92 Å². The van der Waals surface area contributed by atoms with Crippen LogP contribution in [0.2, 0.25) is 0 Å². The Kier molecular flexibility index (Phi) is 3.68. The van der Waals surface area contributed by atoms with Gasteiger partial charge in [-0.15, -0.1) is 0 Å². The zero-order chi connectivity index (χ0) is 8.10. The maximum Gasteiger partial charge on any atom is -0.0203 e. The molecule has 1 saturated carbocycles. The number of allylic oxidation sites excluding steroid dienone is 2. The minimum absolute atomic E-state index is 0.943. The molecule has 1 fully saturated rings. The topological polar surface area (TPSA) is 0 Å². The fourth-order valence-electron chi connectivity index (χ4n) is 2.20. The van der Waals surface area contributed by atoms with E-state index in [2.05, 4.69) is 19.9 Å². The summed E-state index contributed by atoms with van der Waals surface area (Å²) in [4.78, 5) is 0. The molecule has 64 valence electrons. The summed E-state index contributed by atoms with van der Waals surface area (Å²) < 4.78 is 0. The molecule has 1 aliphatic rings. The van der Waals surface area contributed by atoms with Crippen molar-refractivity contribution >= 4 is 0 Å². The van der Waals surface area contributed by atoms with Crippen LogP contribution in [0.3, 0.4) is 0 Å². The summed E-state index contributed by atoms with van der Waals surface area (Å²) in [5.41, 5.74) is 1.70. The van der Waals surface area contributed by atoms with Crippen molar-refractivity contribution < 1.29 is 0 Å². The Hall–Kier alpha value is -0.260. The van der Waals surface area contributed by atoms with Gasteiger partial charge in [0.1, 0.15) is 0 Å². The number of rotatable bonds is 2. The molecule has 0 aromatic heterocycles. The average Bonchev–Trinajstić information content (AvgIpc) is 2.09. The number of hydrogen-bond donors (Lipinski definition) is 0. The van der Waals surface area contributed by atoms with Crippen LogP contribution in [0.5, 0.6) is 0 Å². The molecular formula is C11H20. The Bertz CT molecular complexity index is 127. The summed E-state index contributed by atoms with van der Waals surface area (Å²) >= 11 is 0. The van der Waals surface area contributed by atoms with E-state index in [-0.39, 0.29) is 0 Å². The maximum absolute atomic E-state index is 2.33. The highest BCUT2D eigenvalue weighted by molar-refractivity contribution is 5.05. The SMILES string of the molecule is C/C=C(/CC)C1CCCCC1. The predicted octanol–water partition coefficient (Wildman–Crippen LogP) is 3.92. The molecule has 0 amide bonds. The molecule has 0 radical (unpaired) electrons. The smallest absolute Gasteiger partial charge is 0.0203 e. The van der Waals surface area contributed by atoms with Crippen molar-refractivity contribution in [2.24, 2.45) is 5.92 Å². The van der Waals surface area contributed by atoms with Crippen molar-refractivity contribution in [2.75, 3.05) is 0 Å². The minimum Gasteiger partial charge on any atom is -0.0882 e. The van der Waals surface area contributed by atoms with Gasteiger partial charge < -0.3 is 0 Å². The van der Waals surface area contributed by atoms with Crippen LogP contribution in [0.4, 0.5) is 0 Å². The Morgan fingerprint density at radius 1 is 1.27 bits per heavy atom. The lowest BCUT2D eigenvalue weighted by atomic mass is 9.83. The third-order valence-electron chi connectivity index (χ3n) is 2.91. The summed E-state index contributed by atoms with van der Waals surface area (Å²) in [6.07, 6.45) is 10.9. The van der Waals surface area contributed by atoms with Crippen molar-refractivity contribution in [1.29, 1.82) is 0 Å². The first-order valence-electron chi connectivity index (χ1n) is 5.03. The second kappa shape index (κ2) is 4.58. The second-order valence-electron chi connectivity index (χ2n) is 3.55. The zero-order valence-corrected chi connectivity index (χ0v) is 7.90. The van der Waals surface area contributed by atoms with Gasteiger partial charge in [0.05, 0.1) is 0 Å². The molecule has 0 unspecified atom stereocenters. The van der Waals surface area contributed by atoms with Gasteiger partial charge in [0.2, 0.25) is 0 Å². The Labute approximate surface area is 70.7 Å². The lowest BCUT2D eigenvalue weighted by Crippen LogP contribution is -2.08. The highest BCUT2D eigenvalue weighted by Crippen LogP contribution is 2.30. The average molecular weight is 152 g/mol. The van der Waals surface area contributed by atoms with Crippen molar-refractivity contribution in [2.45, 2.75) is 52.4 Å². The van der Waals surface area contributed by atoms with E-state index < -0.39 is 0 Å². The lowest BCUT2D eigenvalue weighted by molar-refractivity contribution is 0.396. The molecule has 0 atom stereocenters. The largest absolute Gasteiger partial charge is 0.0882 e. The van der Waals surface area contributed by atoms with E-state index in [1.54, 1.807) is 5.57 Å². The molecule has 0 saturated heterocycles. The van der Waals surface area contributed by atoms with Crippen LogP contribution in [0, 0.1) is 5.92 Å². The standard InChI is InChI=1S/C11H20/c1-3-10(4-2)11-8-6-5-7-9-11/h3,11H,4-9H2,1-2H3/b10-3-. The molecule has 0 aromatic rings. The fraction of sp³-hybridized carbons (Fsp3) is 0.818. The molecule has 0 spiro atoms. The normalized spacial score (nSPS) is 22.2. The number of hydrogen-bond acceptors (Lipinski definition) is 0. The molecule has 1 rings (SSSR count). The van der Waals surface area contributed by atoms with Crippen LogP contribution in [-0.4, -0.2) is 0 Å². The van der Waals surface area contributed by atoms with Crippen molar-refractivity contribution in [3.05, 3.63) is 11.6 Å². The summed E-state index contributed by atoms with van der Waals surface area (Å²) in [6.45, 7) is 4.47. The van der Waals surface area contributed by atoms with Crippen LogP contribution in [0.1, 0.15) is 52.4 Å². The first kappa shape index (κ1) is 8.83. The molecule has 0 bridgehead atoms. The molecule has 0 N–H and O–H groups in total. The first-order valence-corrected chi connectivity index (χ1v) is 5.03. The second-order valence-corrected chi connectivity index (χ2v) is 3.55. The van der Waals surface area contributed by atoms with Crippen LogP contribution in [0.15, 0.2) is 11.6 Å².